The van der Waals surface area contributed by atoms with Gasteiger partial charge < -0.3 is 15.3 Å². The van der Waals surface area contributed by atoms with E-state index < -0.39 is 24.9 Å². The zero-order chi connectivity index (χ0) is 13.6. The van der Waals surface area contributed by atoms with E-state index in [0.717, 1.165) is 19.4 Å². The first-order chi connectivity index (χ1) is 8.42. The molecule has 0 aromatic rings. The van der Waals surface area contributed by atoms with Crippen molar-refractivity contribution in [2.24, 2.45) is 0 Å². The van der Waals surface area contributed by atoms with Gasteiger partial charge in [-0.1, -0.05) is 0 Å². The molecule has 1 rings (SSSR count). The summed E-state index contributed by atoms with van der Waals surface area (Å²) in [6.45, 7) is 1.10. The average molecular weight is 268 g/mol. The Balaban J connectivity index is 2.41. The van der Waals surface area contributed by atoms with Crippen LogP contribution in [0, 0.1) is 0 Å². The highest BCUT2D eigenvalue weighted by atomic mass is 19.4. The molecule has 0 aliphatic carbocycles. The largest absolute Gasteiger partial charge is 0.395 e. The minimum absolute atomic E-state index is 0.0921. The molecule has 7 heteroatoms. The predicted octanol–water partition coefficient (Wildman–Crippen LogP) is 0.902. The Morgan fingerprint density at radius 1 is 1.44 bits per heavy atom. The van der Waals surface area contributed by atoms with Gasteiger partial charge in [0.05, 0.1) is 13.0 Å². The van der Waals surface area contributed by atoms with Crippen LogP contribution in [-0.4, -0.2) is 54.4 Å². The molecule has 1 aliphatic heterocycles. The molecular weight excluding hydrogens is 249 g/mol. The zero-order valence-electron chi connectivity index (χ0n) is 10.2. The van der Waals surface area contributed by atoms with Gasteiger partial charge in [-0.3, -0.25) is 4.79 Å². The van der Waals surface area contributed by atoms with Crippen LogP contribution in [0.5, 0.6) is 0 Å². The Hall–Kier alpha value is -0.820. The number of hydrogen-bond acceptors (Lipinski definition) is 3. The molecule has 4 nitrogen and oxygen atoms in total. The standard InChI is InChI=1S/C11H19F3N2O2/c12-11(13,14)4-3-10(18)16(6-7-17)8-9-2-1-5-15-9/h9,15,17H,1-8H2. The number of carbonyl (C=O) groups is 1. The lowest BCUT2D eigenvalue weighted by atomic mass is 10.2. The highest BCUT2D eigenvalue weighted by Gasteiger charge is 2.29. The lowest BCUT2D eigenvalue weighted by molar-refractivity contribution is -0.149. The summed E-state index contributed by atoms with van der Waals surface area (Å²) in [5, 5.41) is 12.0. The van der Waals surface area contributed by atoms with Crippen LogP contribution in [0.2, 0.25) is 0 Å². The Labute approximate surface area is 104 Å². The number of aliphatic hydroxyl groups is 1. The van der Waals surface area contributed by atoms with Crippen LogP contribution < -0.4 is 5.32 Å². The van der Waals surface area contributed by atoms with Crippen molar-refractivity contribution >= 4 is 5.91 Å². The summed E-state index contributed by atoms with van der Waals surface area (Å²) < 4.78 is 36.1. The third kappa shape index (κ3) is 5.68. The SMILES string of the molecule is O=C(CCC(F)(F)F)N(CCO)CC1CCCN1. The van der Waals surface area contributed by atoms with Crippen molar-refractivity contribution in [3.63, 3.8) is 0 Å². The van der Waals surface area contributed by atoms with Crippen molar-refractivity contribution in [1.29, 1.82) is 0 Å². The second-order valence-electron chi connectivity index (χ2n) is 4.47. The van der Waals surface area contributed by atoms with E-state index in [1.807, 2.05) is 0 Å². The number of carbonyl (C=O) groups excluding carboxylic acids is 1. The Kier molecular flexibility index (Phi) is 5.87. The van der Waals surface area contributed by atoms with E-state index in [9.17, 15) is 18.0 Å². The van der Waals surface area contributed by atoms with E-state index in [-0.39, 0.29) is 19.2 Å². The summed E-state index contributed by atoms with van der Waals surface area (Å²) in [6, 6.07) is 0.131. The molecule has 1 amide bonds. The van der Waals surface area contributed by atoms with Gasteiger partial charge in [0.25, 0.3) is 0 Å². The van der Waals surface area contributed by atoms with E-state index in [4.69, 9.17) is 5.11 Å². The molecule has 0 aromatic heterocycles. The molecule has 1 unspecified atom stereocenters. The van der Waals surface area contributed by atoms with Crippen LogP contribution in [0.25, 0.3) is 0 Å². The Morgan fingerprint density at radius 3 is 2.67 bits per heavy atom. The van der Waals surface area contributed by atoms with Gasteiger partial charge in [-0.05, 0) is 19.4 Å². The van der Waals surface area contributed by atoms with Gasteiger partial charge in [-0.15, -0.1) is 0 Å². The maximum atomic E-state index is 12.0. The van der Waals surface area contributed by atoms with Gasteiger partial charge in [0.2, 0.25) is 5.91 Å². The quantitative estimate of drug-likeness (QED) is 0.752. The first-order valence-corrected chi connectivity index (χ1v) is 6.11. The molecule has 106 valence electrons. The van der Waals surface area contributed by atoms with Gasteiger partial charge in [0, 0.05) is 25.6 Å². The second-order valence-corrected chi connectivity index (χ2v) is 4.47. The summed E-state index contributed by atoms with van der Waals surface area (Å²) >= 11 is 0. The Morgan fingerprint density at radius 2 is 2.17 bits per heavy atom. The van der Waals surface area contributed by atoms with Crippen LogP contribution in [0.4, 0.5) is 13.2 Å². The monoisotopic (exact) mass is 268 g/mol. The number of nitrogens with zero attached hydrogens (tertiary/aromatic N) is 1. The first-order valence-electron chi connectivity index (χ1n) is 6.11. The first kappa shape index (κ1) is 15.2. The fraction of sp³-hybridized carbons (Fsp3) is 0.909. The lowest BCUT2D eigenvalue weighted by Gasteiger charge is -2.25. The van der Waals surface area contributed by atoms with Gasteiger partial charge in [-0.2, -0.15) is 13.2 Å². The van der Waals surface area contributed by atoms with Crippen LogP contribution in [0.1, 0.15) is 25.7 Å². The minimum atomic E-state index is -4.31. The molecular formula is C11H19F3N2O2. The van der Waals surface area contributed by atoms with Crippen LogP contribution in [-0.2, 0) is 4.79 Å². The predicted molar refractivity (Wildman–Crippen MR) is 60.0 cm³/mol. The molecule has 2 N–H and O–H groups in total. The number of rotatable bonds is 6. The highest BCUT2D eigenvalue weighted by molar-refractivity contribution is 5.76. The van der Waals surface area contributed by atoms with E-state index >= 15 is 0 Å². The fourth-order valence-corrected chi connectivity index (χ4v) is 2.02. The van der Waals surface area contributed by atoms with Crippen molar-refractivity contribution in [1.82, 2.24) is 10.2 Å². The normalized spacial score (nSPS) is 20.1. The van der Waals surface area contributed by atoms with Crippen LogP contribution >= 0.6 is 0 Å². The average Bonchev–Trinajstić information content (AvgIpc) is 2.77. The van der Waals surface area contributed by atoms with Gasteiger partial charge in [0.1, 0.15) is 0 Å². The van der Waals surface area contributed by atoms with Gasteiger partial charge >= 0.3 is 6.18 Å². The van der Waals surface area contributed by atoms with Crippen molar-refractivity contribution in [3.05, 3.63) is 0 Å². The summed E-state index contributed by atoms with van der Waals surface area (Å²) in [5.41, 5.74) is 0. The molecule has 0 saturated carbocycles. The highest BCUT2D eigenvalue weighted by Crippen LogP contribution is 2.22. The smallest absolute Gasteiger partial charge is 0.389 e. The number of amides is 1. The van der Waals surface area contributed by atoms with Crippen molar-refractivity contribution in [3.8, 4) is 0 Å². The van der Waals surface area contributed by atoms with Gasteiger partial charge in [0.15, 0.2) is 0 Å². The number of aliphatic hydroxyl groups excluding tert-OH is 1. The lowest BCUT2D eigenvalue weighted by Crippen LogP contribution is -2.42. The molecule has 1 heterocycles. The third-order valence-corrected chi connectivity index (χ3v) is 2.95. The summed E-state index contributed by atoms with van der Waals surface area (Å²) in [6.07, 6.45) is -4.04. The molecule has 1 atom stereocenters. The molecule has 1 fully saturated rings. The maximum absolute atomic E-state index is 12.0. The number of halogens is 3. The maximum Gasteiger partial charge on any atom is 0.389 e. The third-order valence-electron chi connectivity index (χ3n) is 2.95. The van der Waals surface area contributed by atoms with Crippen molar-refractivity contribution < 1.29 is 23.1 Å². The van der Waals surface area contributed by atoms with Crippen molar-refractivity contribution in [2.45, 2.75) is 37.9 Å². The zero-order valence-corrected chi connectivity index (χ0v) is 10.2. The second kappa shape index (κ2) is 6.94. The molecule has 1 saturated heterocycles. The van der Waals surface area contributed by atoms with Crippen molar-refractivity contribution in [2.75, 3.05) is 26.2 Å². The van der Waals surface area contributed by atoms with E-state index in [0.29, 0.717) is 6.54 Å². The molecule has 0 aromatic carbocycles. The number of alkyl halides is 3. The van der Waals surface area contributed by atoms with Gasteiger partial charge in [-0.25, -0.2) is 0 Å². The fourth-order valence-electron chi connectivity index (χ4n) is 2.02. The summed E-state index contributed by atoms with van der Waals surface area (Å²) in [7, 11) is 0. The van der Waals surface area contributed by atoms with Crippen LogP contribution in [0.3, 0.4) is 0 Å². The number of hydrogen-bond donors (Lipinski definition) is 2. The molecule has 0 bridgehead atoms. The molecule has 0 radical (unpaired) electrons. The molecule has 0 spiro atoms. The van der Waals surface area contributed by atoms with Crippen LogP contribution in [0.15, 0.2) is 0 Å². The van der Waals surface area contributed by atoms with E-state index in [1.54, 1.807) is 0 Å². The van der Waals surface area contributed by atoms with E-state index in [2.05, 4.69) is 5.32 Å². The van der Waals surface area contributed by atoms with E-state index in [1.165, 1.54) is 4.90 Å². The molecule has 1 aliphatic rings. The Bertz CT molecular complexity index is 266. The summed E-state index contributed by atoms with van der Waals surface area (Å²) in [4.78, 5) is 13.0. The minimum Gasteiger partial charge on any atom is -0.395 e. The molecule has 18 heavy (non-hydrogen) atoms. The summed E-state index contributed by atoms with van der Waals surface area (Å²) in [5.74, 6) is -0.546. The topological polar surface area (TPSA) is 52.6 Å². The number of nitrogens with one attached hydrogen (secondary N) is 1.